The third kappa shape index (κ3) is 5.42. The van der Waals surface area contributed by atoms with Crippen molar-refractivity contribution in [1.29, 1.82) is 0 Å². The van der Waals surface area contributed by atoms with Gasteiger partial charge in [-0.05, 0) is 96.7 Å². The number of hydrogen-bond acceptors (Lipinski definition) is 1. The molecule has 1 nitrogen and oxygen atoms in total. The first-order valence-electron chi connectivity index (χ1n) is 14.8. The topological polar surface area (TPSA) is 3.24 Å². The van der Waals surface area contributed by atoms with Crippen LogP contribution in [0.15, 0.2) is 43.0 Å². The average Bonchev–Trinajstić information content (AvgIpc) is 3.05. The second-order valence-corrected chi connectivity index (χ2v) is 12.7. The molecule has 36 heavy (non-hydrogen) atoms. The lowest BCUT2D eigenvalue weighted by molar-refractivity contribution is 0.0234. The molecule has 0 amide bonds. The third-order valence-corrected chi connectivity index (χ3v) is 10.0. The zero-order chi connectivity index (χ0) is 25.2. The van der Waals surface area contributed by atoms with Gasteiger partial charge >= 0.3 is 0 Å². The van der Waals surface area contributed by atoms with E-state index in [1.165, 1.54) is 85.0 Å². The highest BCUT2D eigenvalue weighted by molar-refractivity contribution is 6.30. The van der Waals surface area contributed by atoms with Gasteiger partial charge in [-0.1, -0.05) is 94.3 Å². The van der Waals surface area contributed by atoms with Crippen LogP contribution in [0.4, 0.5) is 5.69 Å². The number of halogens is 1. The molecule has 0 saturated heterocycles. The van der Waals surface area contributed by atoms with Gasteiger partial charge in [-0.15, -0.1) is 0 Å². The van der Waals surface area contributed by atoms with Crippen molar-refractivity contribution in [2.45, 2.75) is 90.9 Å². The number of anilines is 1. The quantitative estimate of drug-likeness (QED) is 0.363. The molecule has 2 saturated carbocycles. The molecule has 2 aromatic rings. The van der Waals surface area contributed by atoms with Crippen LogP contribution in [0.3, 0.4) is 0 Å². The first kappa shape index (κ1) is 25.9. The van der Waals surface area contributed by atoms with Crippen LogP contribution in [-0.4, -0.2) is 13.1 Å². The lowest BCUT2D eigenvalue weighted by Gasteiger charge is -2.50. The third-order valence-electron chi connectivity index (χ3n) is 9.80. The Morgan fingerprint density at radius 1 is 1.06 bits per heavy atom. The fourth-order valence-electron chi connectivity index (χ4n) is 7.68. The number of fused-ring (bicyclic) bond motifs is 1. The number of aryl methyl sites for hydroxylation is 2. The predicted molar refractivity (Wildman–Crippen MR) is 157 cm³/mol. The van der Waals surface area contributed by atoms with E-state index in [-0.39, 0.29) is 0 Å². The van der Waals surface area contributed by atoms with Gasteiger partial charge < -0.3 is 4.90 Å². The highest BCUT2D eigenvalue weighted by atomic mass is 35.5. The van der Waals surface area contributed by atoms with Crippen LogP contribution < -0.4 is 4.90 Å². The molecular formula is C34H46ClN. The molecule has 0 bridgehead atoms. The lowest BCUT2D eigenvalue weighted by Crippen LogP contribution is -2.47. The fraction of sp³-hybridized carbons (Fsp3) is 0.588. The molecule has 5 rings (SSSR count). The number of allylic oxidation sites excluding steroid dienone is 1. The zero-order valence-electron chi connectivity index (χ0n) is 22.9. The molecule has 2 heteroatoms. The summed E-state index contributed by atoms with van der Waals surface area (Å²) in [5.74, 6) is 4.12. The molecule has 0 spiro atoms. The summed E-state index contributed by atoms with van der Waals surface area (Å²) in [6.45, 7) is 13.5. The van der Waals surface area contributed by atoms with Crippen molar-refractivity contribution in [1.82, 2.24) is 0 Å². The van der Waals surface area contributed by atoms with E-state index in [0.29, 0.717) is 5.92 Å². The number of rotatable bonds is 7. The summed E-state index contributed by atoms with van der Waals surface area (Å²) in [6, 6.07) is 13.8. The Hall–Kier alpha value is -1.73. The van der Waals surface area contributed by atoms with Gasteiger partial charge in [0.15, 0.2) is 0 Å². The van der Waals surface area contributed by atoms with Gasteiger partial charge in [-0.3, -0.25) is 0 Å². The van der Waals surface area contributed by atoms with E-state index in [1.807, 2.05) is 0 Å². The Kier molecular flexibility index (Phi) is 8.16. The Labute approximate surface area is 225 Å². The van der Waals surface area contributed by atoms with Crippen LogP contribution in [0.2, 0.25) is 5.02 Å². The summed E-state index contributed by atoms with van der Waals surface area (Å²) >= 11 is 6.45. The highest BCUT2D eigenvalue weighted by Crippen LogP contribution is 2.50. The highest BCUT2D eigenvalue weighted by Gasteiger charge is 2.43. The summed E-state index contributed by atoms with van der Waals surface area (Å²) in [5.41, 5.74) is 8.45. The number of hydrogen-bond donors (Lipinski definition) is 0. The van der Waals surface area contributed by atoms with Gasteiger partial charge in [-0.25, -0.2) is 0 Å². The van der Waals surface area contributed by atoms with E-state index >= 15 is 0 Å². The SMILES string of the molecule is C=C(C)c1ccc2c(c1)N(CC1C(C)CC1C1CCCCC1)CC(c1ccc(Cl)cc1CCC)CC2. The van der Waals surface area contributed by atoms with Gasteiger partial charge in [0.2, 0.25) is 0 Å². The zero-order valence-corrected chi connectivity index (χ0v) is 23.6. The standard InChI is InChI=1S/C34H46ClN/c1-5-9-28-19-30(35)16-17-31(28)29-15-13-26-12-14-27(23(2)3)20-34(26)36(21-29)22-33-24(4)18-32(33)25-10-7-6-8-11-25/h12,14,16-17,19-20,24-25,29,32-33H,2,5-11,13,15,18,21-22H2,1,3-4H3. The van der Waals surface area contributed by atoms with Crippen molar-refractivity contribution in [3.05, 3.63) is 70.3 Å². The van der Waals surface area contributed by atoms with Crippen LogP contribution >= 0.6 is 11.6 Å². The van der Waals surface area contributed by atoms with E-state index in [2.05, 4.69) is 68.6 Å². The van der Waals surface area contributed by atoms with E-state index in [0.717, 1.165) is 54.5 Å². The molecule has 0 N–H and O–H groups in total. The summed E-state index contributed by atoms with van der Waals surface area (Å²) < 4.78 is 0. The molecule has 3 aliphatic rings. The van der Waals surface area contributed by atoms with Crippen LogP contribution in [0.25, 0.3) is 5.57 Å². The Morgan fingerprint density at radius 3 is 2.58 bits per heavy atom. The minimum atomic E-state index is 0.549. The molecule has 2 fully saturated rings. The first-order valence-corrected chi connectivity index (χ1v) is 15.1. The number of nitrogens with zero attached hydrogens (tertiary/aromatic N) is 1. The second kappa shape index (κ2) is 11.3. The van der Waals surface area contributed by atoms with E-state index < -0.39 is 0 Å². The molecular weight excluding hydrogens is 458 g/mol. The molecule has 2 aliphatic carbocycles. The largest absolute Gasteiger partial charge is 0.370 e. The van der Waals surface area contributed by atoms with Gasteiger partial charge in [0.25, 0.3) is 0 Å². The van der Waals surface area contributed by atoms with Crippen LogP contribution in [0.1, 0.15) is 100 Å². The molecule has 0 radical (unpaired) electrons. The normalized spacial score (nSPS) is 26.7. The van der Waals surface area contributed by atoms with Gasteiger partial charge in [0.1, 0.15) is 0 Å². The first-order chi connectivity index (χ1) is 17.4. The van der Waals surface area contributed by atoms with Crippen LogP contribution in [-0.2, 0) is 12.8 Å². The van der Waals surface area contributed by atoms with Crippen LogP contribution in [0, 0.1) is 23.7 Å². The van der Waals surface area contributed by atoms with Gasteiger partial charge in [0.05, 0.1) is 0 Å². The maximum absolute atomic E-state index is 6.45. The summed E-state index contributed by atoms with van der Waals surface area (Å²) in [5, 5.41) is 0.876. The summed E-state index contributed by atoms with van der Waals surface area (Å²) in [7, 11) is 0. The molecule has 4 unspecified atom stereocenters. The van der Waals surface area contributed by atoms with Crippen molar-refractivity contribution in [3.8, 4) is 0 Å². The maximum Gasteiger partial charge on any atom is 0.0408 e. The summed E-state index contributed by atoms with van der Waals surface area (Å²) in [4.78, 5) is 2.81. The van der Waals surface area contributed by atoms with Crippen molar-refractivity contribution < 1.29 is 0 Å². The fourth-order valence-corrected chi connectivity index (χ4v) is 7.88. The maximum atomic E-state index is 6.45. The van der Waals surface area contributed by atoms with E-state index in [1.54, 1.807) is 0 Å². The van der Waals surface area contributed by atoms with Crippen LogP contribution in [0.5, 0.6) is 0 Å². The second-order valence-electron chi connectivity index (χ2n) is 12.3. The van der Waals surface area contributed by atoms with Crippen molar-refractivity contribution in [3.63, 3.8) is 0 Å². The number of benzene rings is 2. The van der Waals surface area contributed by atoms with Gasteiger partial charge in [-0.2, -0.15) is 0 Å². The predicted octanol–water partition coefficient (Wildman–Crippen LogP) is 9.71. The Bertz CT molecular complexity index is 1060. The van der Waals surface area contributed by atoms with E-state index in [4.69, 9.17) is 11.6 Å². The molecule has 4 atom stereocenters. The van der Waals surface area contributed by atoms with E-state index in [9.17, 15) is 0 Å². The lowest BCUT2D eigenvalue weighted by atomic mass is 9.58. The Balaban J connectivity index is 1.47. The Morgan fingerprint density at radius 2 is 1.86 bits per heavy atom. The molecule has 2 aromatic carbocycles. The van der Waals surface area contributed by atoms with Crippen molar-refractivity contribution in [2.24, 2.45) is 23.7 Å². The molecule has 1 aliphatic heterocycles. The van der Waals surface area contributed by atoms with Crippen molar-refractivity contribution >= 4 is 22.9 Å². The smallest absolute Gasteiger partial charge is 0.0408 e. The van der Waals surface area contributed by atoms with Crippen molar-refractivity contribution in [2.75, 3.05) is 18.0 Å². The molecule has 194 valence electrons. The average molecular weight is 504 g/mol. The summed E-state index contributed by atoms with van der Waals surface area (Å²) in [6.07, 6.45) is 13.4. The molecule has 0 aromatic heterocycles. The minimum absolute atomic E-state index is 0.549. The minimum Gasteiger partial charge on any atom is -0.370 e. The van der Waals surface area contributed by atoms with Gasteiger partial charge in [0, 0.05) is 29.7 Å². The monoisotopic (exact) mass is 503 g/mol. The molecule has 1 heterocycles.